The lowest BCUT2D eigenvalue weighted by Gasteiger charge is -2.31. The molecule has 4 aromatic rings. The number of benzene rings is 3. The lowest BCUT2D eigenvalue weighted by molar-refractivity contribution is -0.137. The minimum absolute atomic E-state index is 0.0786. The third-order valence-corrected chi connectivity index (χ3v) is 11.2. The molecule has 16 heteroatoms. The zero-order valence-electron chi connectivity index (χ0n) is 24.5. The van der Waals surface area contributed by atoms with Gasteiger partial charge in [-0.1, -0.05) is 64.5 Å². The van der Waals surface area contributed by atoms with Crippen molar-refractivity contribution in [3.8, 4) is 0 Å². The summed E-state index contributed by atoms with van der Waals surface area (Å²) in [6.45, 7) is 1.41. The molecular formula is C32H22Cl2F3N3O6S2. The molecule has 248 valence electrons. The van der Waals surface area contributed by atoms with Crippen LogP contribution in [0, 0.1) is 5.92 Å². The van der Waals surface area contributed by atoms with Gasteiger partial charge in [0.05, 0.1) is 44.4 Å². The van der Waals surface area contributed by atoms with Gasteiger partial charge < -0.3 is 10.1 Å². The number of hydrogen-bond donors (Lipinski definition) is 1. The molecule has 0 bridgehead atoms. The van der Waals surface area contributed by atoms with Crippen molar-refractivity contribution in [3.63, 3.8) is 0 Å². The summed E-state index contributed by atoms with van der Waals surface area (Å²) >= 11 is 14.6. The van der Waals surface area contributed by atoms with Gasteiger partial charge in [0.15, 0.2) is 0 Å². The van der Waals surface area contributed by atoms with Gasteiger partial charge in [-0.05, 0) is 61.0 Å². The van der Waals surface area contributed by atoms with Gasteiger partial charge in [0.1, 0.15) is 11.8 Å². The Morgan fingerprint density at radius 2 is 1.69 bits per heavy atom. The number of thiazole rings is 1. The lowest BCUT2D eigenvalue weighted by atomic mass is 9.83. The summed E-state index contributed by atoms with van der Waals surface area (Å²) in [5, 5.41) is 1.97. The van der Waals surface area contributed by atoms with Crippen molar-refractivity contribution in [2.24, 2.45) is 5.92 Å². The predicted octanol–water partition coefficient (Wildman–Crippen LogP) is 6.85. The first-order chi connectivity index (χ1) is 22.8. The highest BCUT2D eigenvalue weighted by atomic mass is 35.5. The average molecular weight is 737 g/mol. The second kappa shape index (κ2) is 13.1. The number of ether oxygens (including phenoxy) is 1. The Balaban J connectivity index is 1.37. The molecule has 6 rings (SSSR count). The van der Waals surface area contributed by atoms with Crippen LogP contribution >= 0.6 is 46.3 Å². The molecular weight excluding hydrogens is 714 g/mol. The Morgan fingerprint density at radius 1 is 0.979 bits per heavy atom. The number of carbonyl (C=O) groups excluding carboxylic acids is 4. The molecule has 2 aliphatic rings. The summed E-state index contributed by atoms with van der Waals surface area (Å²) in [4.78, 5) is 67.0. The molecule has 3 atom stereocenters. The Hall–Kier alpha value is -4.11. The number of esters is 1. The highest BCUT2D eigenvalue weighted by Crippen LogP contribution is 2.55. The standard InChI is InChI=1S/C32H22Cl2F3N3O6S2/c1-2-46-30(44)15-9-11-17(12-10-15)38-21(41)14-39-29-26(48-31(39)45)22(19-7-4-8-20(33)24(19)34)23-25(47-29)28(43)40(27(23)42)18-6-3-5-16(13-18)32(35,36)37/h3-13,22-23,25H,2,14H2,1H3,(H,38,41). The van der Waals surface area contributed by atoms with Gasteiger partial charge in [0.25, 0.3) is 0 Å². The van der Waals surface area contributed by atoms with Crippen LogP contribution in [0.3, 0.4) is 0 Å². The molecule has 3 unspecified atom stereocenters. The maximum absolute atomic E-state index is 14.0. The molecule has 3 amide bonds. The van der Waals surface area contributed by atoms with E-state index in [0.29, 0.717) is 16.1 Å². The van der Waals surface area contributed by atoms with E-state index in [1.807, 2.05) is 0 Å². The van der Waals surface area contributed by atoms with Crippen molar-refractivity contribution in [2.45, 2.75) is 35.8 Å². The number of halogens is 5. The van der Waals surface area contributed by atoms with Gasteiger partial charge in [-0.15, -0.1) is 0 Å². The van der Waals surface area contributed by atoms with Crippen LogP contribution in [-0.2, 0) is 31.8 Å². The van der Waals surface area contributed by atoms with E-state index in [2.05, 4.69) is 5.32 Å². The molecule has 1 aromatic heterocycles. The average Bonchev–Trinajstić information content (AvgIpc) is 3.48. The molecule has 1 saturated heterocycles. The normalized spacial score (nSPS) is 18.8. The molecule has 3 heterocycles. The SMILES string of the molecule is CCOC(=O)c1ccc(NC(=O)Cn2c3c(sc2=O)C(c2cccc(Cl)c2Cl)C2C(=O)N(c4cccc(C(F)(F)F)c4)C(=O)C2S3)cc1. The largest absolute Gasteiger partial charge is 0.462 e. The Bertz CT molecular complexity index is 2030. The minimum atomic E-state index is -4.72. The molecule has 48 heavy (non-hydrogen) atoms. The van der Waals surface area contributed by atoms with E-state index in [1.54, 1.807) is 19.1 Å². The van der Waals surface area contributed by atoms with Crippen LogP contribution in [0.2, 0.25) is 10.0 Å². The molecule has 0 aliphatic carbocycles. The van der Waals surface area contributed by atoms with Crippen molar-refractivity contribution in [1.82, 2.24) is 4.57 Å². The number of alkyl halides is 3. The monoisotopic (exact) mass is 735 g/mol. The van der Waals surface area contributed by atoms with Crippen molar-refractivity contribution >= 4 is 81.4 Å². The number of fused-ring (bicyclic) bond motifs is 2. The molecule has 0 radical (unpaired) electrons. The van der Waals surface area contributed by atoms with Crippen molar-refractivity contribution in [2.75, 3.05) is 16.8 Å². The molecule has 1 N–H and O–H groups in total. The number of imide groups is 1. The van der Waals surface area contributed by atoms with Crippen LogP contribution in [0.15, 0.2) is 76.6 Å². The molecule has 3 aromatic carbocycles. The van der Waals surface area contributed by atoms with Gasteiger partial charge in [0, 0.05) is 16.5 Å². The third kappa shape index (κ3) is 6.13. The summed E-state index contributed by atoms with van der Waals surface area (Å²) in [6, 6.07) is 14.6. The van der Waals surface area contributed by atoms with Crippen LogP contribution in [-0.4, -0.2) is 40.1 Å². The second-order valence-electron chi connectivity index (χ2n) is 10.7. The van der Waals surface area contributed by atoms with E-state index in [0.717, 1.165) is 46.2 Å². The van der Waals surface area contributed by atoms with Crippen molar-refractivity contribution in [1.29, 1.82) is 0 Å². The highest BCUT2D eigenvalue weighted by Gasteiger charge is 2.57. The van der Waals surface area contributed by atoms with Gasteiger partial charge in [-0.3, -0.25) is 23.7 Å². The fourth-order valence-electron chi connectivity index (χ4n) is 5.68. The molecule has 9 nitrogen and oxygen atoms in total. The number of hydrogen-bond acceptors (Lipinski definition) is 8. The number of amides is 3. The second-order valence-corrected chi connectivity index (χ2v) is 13.6. The molecule has 2 aliphatic heterocycles. The number of carbonyl (C=O) groups is 4. The number of nitrogens with one attached hydrogen (secondary N) is 1. The van der Waals surface area contributed by atoms with E-state index >= 15 is 0 Å². The number of aromatic nitrogens is 1. The maximum Gasteiger partial charge on any atom is 0.416 e. The van der Waals surface area contributed by atoms with Crippen LogP contribution in [0.4, 0.5) is 24.5 Å². The fourth-order valence-corrected chi connectivity index (χ4v) is 8.86. The van der Waals surface area contributed by atoms with Gasteiger partial charge in [-0.25, -0.2) is 9.69 Å². The van der Waals surface area contributed by atoms with E-state index in [1.165, 1.54) is 41.0 Å². The predicted molar refractivity (Wildman–Crippen MR) is 175 cm³/mol. The summed E-state index contributed by atoms with van der Waals surface area (Å²) in [5.74, 6) is -4.80. The third-order valence-electron chi connectivity index (χ3n) is 7.78. The molecule has 0 spiro atoms. The van der Waals surface area contributed by atoms with Crippen LogP contribution in [0.1, 0.15) is 39.2 Å². The van der Waals surface area contributed by atoms with Crippen LogP contribution in [0.5, 0.6) is 0 Å². The van der Waals surface area contributed by atoms with Crippen molar-refractivity contribution < 1.29 is 37.1 Å². The van der Waals surface area contributed by atoms with Gasteiger partial charge >= 0.3 is 17.0 Å². The first kappa shape index (κ1) is 33.8. The molecule has 0 saturated carbocycles. The number of nitrogens with zero attached hydrogens (tertiary/aromatic N) is 2. The smallest absolute Gasteiger partial charge is 0.416 e. The first-order valence-corrected chi connectivity index (χ1v) is 16.7. The minimum Gasteiger partial charge on any atom is -0.462 e. The van der Waals surface area contributed by atoms with Gasteiger partial charge in [-0.2, -0.15) is 13.2 Å². The van der Waals surface area contributed by atoms with Crippen LogP contribution in [0.25, 0.3) is 0 Å². The summed E-state index contributed by atoms with van der Waals surface area (Å²) in [5.41, 5.74) is -0.321. The first-order valence-electron chi connectivity index (χ1n) is 14.3. The summed E-state index contributed by atoms with van der Waals surface area (Å²) < 4.78 is 46.8. The number of anilines is 2. The van der Waals surface area contributed by atoms with Crippen LogP contribution < -0.4 is 15.1 Å². The Labute approximate surface area is 288 Å². The topological polar surface area (TPSA) is 115 Å². The zero-order valence-corrected chi connectivity index (χ0v) is 27.7. The maximum atomic E-state index is 14.0. The van der Waals surface area contributed by atoms with E-state index in [-0.39, 0.29) is 32.9 Å². The van der Waals surface area contributed by atoms with Crippen molar-refractivity contribution in [3.05, 3.63) is 108 Å². The summed E-state index contributed by atoms with van der Waals surface area (Å²) in [7, 11) is 0. The zero-order chi connectivity index (χ0) is 34.5. The lowest BCUT2D eigenvalue weighted by Crippen LogP contribution is -2.33. The summed E-state index contributed by atoms with van der Waals surface area (Å²) in [6.07, 6.45) is -4.72. The van der Waals surface area contributed by atoms with Gasteiger partial charge in [0.2, 0.25) is 17.7 Å². The fraction of sp³-hybridized carbons (Fsp3) is 0.219. The van der Waals surface area contributed by atoms with E-state index < -0.39 is 63.9 Å². The Morgan fingerprint density at radius 3 is 2.38 bits per heavy atom. The quantitative estimate of drug-likeness (QED) is 0.163. The molecule has 1 fully saturated rings. The number of rotatable bonds is 7. The van der Waals surface area contributed by atoms with E-state index in [9.17, 15) is 37.1 Å². The number of thioether (sulfide) groups is 1. The Kier molecular flexibility index (Phi) is 9.20. The highest BCUT2D eigenvalue weighted by molar-refractivity contribution is 8.00. The van der Waals surface area contributed by atoms with E-state index in [4.69, 9.17) is 27.9 Å².